The highest BCUT2D eigenvalue weighted by Crippen LogP contribution is 2.34. The number of ether oxygens (including phenoxy) is 1. The normalized spacial score (nSPS) is 25.8. The van der Waals surface area contributed by atoms with Crippen molar-refractivity contribution in [3.63, 3.8) is 0 Å². The minimum atomic E-state index is 0.0753. The fourth-order valence-corrected chi connectivity index (χ4v) is 4.66. The van der Waals surface area contributed by atoms with Crippen molar-refractivity contribution in [3.05, 3.63) is 0 Å². The van der Waals surface area contributed by atoms with Crippen molar-refractivity contribution in [1.82, 2.24) is 0 Å². The average molecular weight is 366 g/mol. The molecule has 0 bridgehead atoms. The third-order valence-corrected chi connectivity index (χ3v) is 6.58. The molecule has 26 heavy (non-hydrogen) atoms. The summed E-state index contributed by atoms with van der Waals surface area (Å²) in [5.41, 5.74) is 0. The molecule has 0 spiro atoms. The molecule has 1 aliphatic heterocycles. The van der Waals surface area contributed by atoms with Gasteiger partial charge >= 0.3 is 0 Å². The molecule has 1 N–H and O–H groups in total. The molecule has 4 atom stereocenters. The van der Waals surface area contributed by atoms with E-state index < -0.39 is 0 Å². The van der Waals surface area contributed by atoms with E-state index in [2.05, 4.69) is 21.7 Å². The van der Waals surface area contributed by atoms with Crippen LogP contribution in [-0.4, -0.2) is 31.7 Å². The quantitative estimate of drug-likeness (QED) is 0.258. The summed E-state index contributed by atoms with van der Waals surface area (Å²) >= 11 is 0. The van der Waals surface area contributed by atoms with Crippen LogP contribution < -0.4 is 0 Å². The van der Waals surface area contributed by atoms with Crippen LogP contribution in [0.1, 0.15) is 117 Å². The van der Waals surface area contributed by atoms with E-state index >= 15 is 0 Å². The average Bonchev–Trinajstić information content (AvgIpc) is 2.92. The van der Waals surface area contributed by atoms with Crippen molar-refractivity contribution in [2.75, 3.05) is 6.61 Å². The van der Waals surface area contributed by atoms with E-state index in [9.17, 15) is 5.11 Å². The molecule has 1 fully saturated rings. The lowest BCUT2D eigenvalue weighted by Crippen LogP contribution is -2.21. The van der Waals surface area contributed by atoms with Crippen LogP contribution in [0.5, 0.6) is 0 Å². The lowest BCUT2D eigenvalue weighted by atomic mass is 9.77. The van der Waals surface area contributed by atoms with Crippen LogP contribution in [0.4, 0.5) is 0 Å². The molecule has 2 nitrogen and oxygen atoms in total. The first kappa shape index (κ1) is 24.0. The van der Waals surface area contributed by atoms with Crippen LogP contribution in [0.3, 0.4) is 0 Å². The zero-order valence-corrected chi connectivity index (χ0v) is 18.2. The van der Waals surface area contributed by atoms with Crippen molar-refractivity contribution in [2.24, 2.45) is 11.8 Å². The number of unbranched alkanes of at least 4 members (excludes halogenated alkanes) is 14. The Labute approximate surface area is 165 Å². The molecule has 154 valence electrons. The molecule has 0 radical (unpaired) electrons. The third-order valence-electron chi connectivity index (χ3n) is 6.58. The van der Waals surface area contributed by atoms with Crippen molar-refractivity contribution >= 4 is 7.85 Å². The predicted molar refractivity (Wildman–Crippen MR) is 116 cm³/mol. The fraction of sp³-hybridized carbons (Fsp3) is 1.00. The number of aliphatic hydroxyl groups is 1. The van der Waals surface area contributed by atoms with Crippen molar-refractivity contribution in [2.45, 2.75) is 129 Å². The Bertz CT molecular complexity index is 311. The van der Waals surface area contributed by atoms with Gasteiger partial charge in [0.15, 0.2) is 0 Å². The van der Waals surface area contributed by atoms with Gasteiger partial charge in [0.2, 0.25) is 0 Å². The molecular formula is C23H47BO2. The molecule has 1 aliphatic rings. The van der Waals surface area contributed by atoms with Gasteiger partial charge in [0.1, 0.15) is 7.85 Å². The Hall–Kier alpha value is -0.0151. The molecule has 1 rings (SSSR count). The van der Waals surface area contributed by atoms with Crippen molar-refractivity contribution in [3.8, 4) is 0 Å². The molecule has 0 saturated carbocycles. The van der Waals surface area contributed by atoms with Gasteiger partial charge in [-0.3, -0.25) is 0 Å². The highest BCUT2D eigenvalue weighted by atomic mass is 16.5. The number of hydrogen-bond acceptors (Lipinski definition) is 2. The van der Waals surface area contributed by atoms with Gasteiger partial charge in [-0.15, -0.1) is 0 Å². The van der Waals surface area contributed by atoms with Crippen LogP contribution in [-0.2, 0) is 4.74 Å². The number of rotatable bonds is 17. The summed E-state index contributed by atoms with van der Waals surface area (Å²) in [6.07, 6.45) is 22.7. The monoisotopic (exact) mass is 366 g/mol. The molecule has 0 amide bonds. The summed E-state index contributed by atoms with van der Waals surface area (Å²) in [5.74, 6) is 1.16. The molecule has 0 aromatic rings. The van der Waals surface area contributed by atoms with E-state index in [0.29, 0.717) is 17.8 Å². The first-order valence-corrected chi connectivity index (χ1v) is 12.0. The molecular weight excluding hydrogens is 319 g/mol. The highest BCUT2D eigenvalue weighted by Gasteiger charge is 2.37. The van der Waals surface area contributed by atoms with Gasteiger partial charge in [-0.1, -0.05) is 110 Å². The van der Waals surface area contributed by atoms with Gasteiger partial charge in [0.05, 0.1) is 12.7 Å². The fourth-order valence-electron chi connectivity index (χ4n) is 4.66. The second-order valence-corrected chi connectivity index (χ2v) is 8.82. The molecule has 1 heterocycles. The second kappa shape index (κ2) is 16.0. The summed E-state index contributed by atoms with van der Waals surface area (Å²) in [7, 11) is 2.18. The van der Waals surface area contributed by atoms with E-state index in [1.54, 1.807) is 0 Å². The smallest absolute Gasteiger partial charge is 0.139 e. The Morgan fingerprint density at radius 2 is 1.15 bits per heavy atom. The first-order chi connectivity index (χ1) is 12.7. The maximum absolute atomic E-state index is 9.35. The zero-order valence-electron chi connectivity index (χ0n) is 18.2. The SMILES string of the molecule is BC1OC(CO)C(C)C1CCCCCCCCCCCCCCCCC. The Morgan fingerprint density at radius 3 is 1.54 bits per heavy atom. The maximum atomic E-state index is 9.35. The van der Waals surface area contributed by atoms with Crippen molar-refractivity contribution < 1.29 is 9.84 Å². The van der Waals surface area contributed by atoms with Crippen LogP contribution in [0.15, 0.2) is 0 Å². The zero-order chi connectivity index (χ0) is 19.0. The minimum Gasteiger partial charge on any atom is -0.394 e. The predicted octanol–water partition coefficient (Wildman–Crippen LogP) is 5.85. The lowest BCUT2D eigenvalue weighted by molar-refractivity contribution is 0.0283. The summed E-state index contributed by atoms with van der Waals surface area (Å²) in [6, 6.07) is 0.328. The van der Waals surface area contributed by atoms with Crippen LogP contribution >= 0.6 is 0 Å². The van der Waals surface area contributed by atoms with Gasteiger partial charge in [0, 0.05) is 6.00 Å². The largest absolute Gasteiger partial charge is 0.394 e. The van der Waals surface area contributed by atoms with E-state index in [-0.39, 0.29) is 12.7 Å². The Balaban J connectivity index is 1.81. The van der Waals surface area contributed by atoms with E-state index in [1.165, 1.54) is 103 Å². The van der Waals surface area contributed by atoms with E-state index in [4.69, 9.17) is 4.74 Å². The Morgan fingerprint density at radius 1 is 0.731 bits per heavy atom. The molecule has 0 aliphatic carbocycles. The van der Waals surface area contributed by atoms with Crippen molar-refractivity contribution in [1.29, 1.82) is 0 Å². The van der Waals surface area contributed by atoms with Crippen LogP contribution in [0, 0.1) is 11.8 Å². The van der Waals surface area contributed by atoms with Crippen LogP contribution in [0.2, 0.25) is 0 Å². The molecule has 4 unspecified atom stereocenters. The Kier molecular flexibility index (Phi) is 14.8. The third kappa shape index (κ3) is 10.4. The molecule has 1 saturated heterocycles. The van der Waals surface area contributed by atoms with E-state index in [0.717, 1.165) is 0 Å². The van der Waals surface area contributed by atoms with Gasteiger partial charge in [-0.2, -0.15) is 0 Å². The summed E-state index contributed by atoms with van der Waals surface area (Å²) in [5, 5.41) is 9.35. The van der Waals surface area contributed by atoms with Gasteiger partial charge in [0.25, 0.3) is 0 Å². The molecule has 0 aromatic heterocycles. The summed E-state index contributed by atoms with van der Waals surface area (Å²) < 4.78 is 5.86. The standard InChI is InChI=1S/C23H47BO2/c1-3-4-5-6-7-8-9-10-11-12-13-14-15-16-17-18-21-20(2)22(19-25)26-23(21)24/h20-23,25H,3-19,24H2,1-2H3. The lowest BCUT2D eigenvalue weighted by Gasteiger charge is -2.18. The van der Waals surface area contributed by atoms with Gasteiger partial charge < -0.3 is 9.84 Å². The van der Waals surface area contributed by atoms with E-state index in [1.807, 2.05) is 0 Å². The highest BCUT2D eigenvalue weighted by molar-refractivity contribution is 6.11. The summed E-state index contributed by atoms with van der Waals surface area (Å²) in [6.45, 7) is 4.72. The van der Waals surface area contributed by atoms with Gasteiger partial charge in [-0.25, -0.2) is 0 Å². The second-order valence-electron chi connectivity index (χ2n) is 8.82. The first-order valence-electron chi connectivity index (χ1n) is 12.0. The summed E-state index contributed by atoms with van der Waals surface area (Å²) in [4.78, 5) is 0. The maximum Gasteiger partial charge on any atom is 0.139 e. The topological polar surface area (TPSA) is 29.5 Å². The number of hydrogen-bond donors (Lipinski definition) is 1. The number of aliphatic hydroxyl groups excluding tert-OH is 1. The minimum absolute atomic E-state index is 0.0753. The van der Waals surface area contributed by atoms with Crippen LogP contribution in [0.25, 0.3) is 0 Å². The van der Waals surface area contributed by atoms with Gasteiger partial charge in [-0.05, 0) is 18.3 Å². The molecule has 3 heteroatoms. The molecule has 0 aromatic carbocycles.